The number of Topliss-reactive ketones (excluding diaryl/α,β-unsaturated/α-hetero) is 1. The molecule has 0 spiro atoms. The first-order chi connectivity index (χ1) is 27.4. The first-order valence-electron chi connectivity index (χ1n) is 19.7. The van der Waals surface area contributed by atoms with Crippen molar-refractivity contribution in [3.63, 3.8) is 0 Å². The number of hydrogen-bond donors (Lipinski definition) is 3. The number of ketones is 1. The van der Waals surface area contributed by atoms with Crippen LogP contribution in [0.5, 0.6) is 24.0 Å². The van der Waals surface area contributed by atoms with Gasteiger partial charge in [0, 0.05) is 72.4 Å². The van der Waals surface area contributed by atoms with E-state index in [9.17, 15) is 20.1 Å². The molecular formula is C40H72BN8NaO8. The van der Waals surface area contributed by atoms with Crippen molar-refractivity contribution in [3.05, 3.63) is 73.8 Å². The summed E-state index contributed by atoms with van der Waals surface area (Å²) in [5, 5.41) is 27.9. The zero-order valence-corrected chi connectivity index (χ0v) is 34.7. The fourth-order valence-electron chi connectivity index (χ4n) is 6.50. The molecule has 4 aromatic rings. The molecule has 0 aliphatic heterocycles. The van der Waals surface area contributed by atoms with Gasteiger partial charge in [-0.15, -0.1) is 0 Å². The van der Waals surface area contributed by atoms with Crippen molar-refractivity contribution in [1.82, 2.24) is 39.9 Å². The van der Waals surface area contributed by atoms with Gasteiger partial charge in [0.1, 0.15) is 30.2 Å². The third-order valence-corrected chi connectivity index (χ3v) is 9.68. The zero-order chi connectivity index (χ0) is 39.2. The first-order valence-corrected chi connectivity index (χ1v) is 19.7. The molecule has 0 amide bonds. The van der Waals surface area contributed by atoms with E-state index in [4.69, 9.17) is 18.9 Å². The number of rotatable bonds is 8. The van der Waals surface area contributed by atoms with Crippen molar-refractivity contribution in [3.8, 4) is 24.0 Å². The van der Waals surface area contributed by atoms with Crippen molar-refractivity contribution in [2.45, 2.75) is 145 Å². The van der Waals surface area contributed by atoms with Gasteiger partial charge in [0.15, 0.2) is 0 Å². The van der Waals surface area contributed by atoms with Gasteiger partial charge in [-0.2, -0.15) is 0 Å². The minimum absolute atomic E-state index is 0. The van der Waals surface area contributed by atoms with Crippen molar-refractivity contribution in [1.29, 1.82) is 0 Å². The van der Waals surface area contributed by atoms with Gasteiger partial charge in [0.05, 0.1) is 18.3 Å². The van der Waals surface area contributed by atoms with Gasteiger partial charge in [0.25, 0.3) is 0 Å². The van der Waals surface area contributed by atoms with Gasteiger partial charge in [-0.3, -0.25) is 4.79 Å². The molecule has 4 saturated carbocycles. The SMILES string of the molecule is O=C1CCC(Oc2ncccn2)CC1.OC1CCC(Oc2ncccn2)CC1.OC1CCC(Oc2ncccn2)CC1.OC1CCC(Oc2ncccn2)CC1.[BH4-].[HH].[HH].[HH].[HH].[HH].[HH].[HH].[Na+]. The van der Waals surface area contributed by atoms with E-state index in [2.05, 4.69) is 39.9 Å². The average molecular weight is 827 g/mol. The Hall–Kier alpha value is -3.87. The van der Waals surface area contributed by atoms with Crippen molar-refractivity contribution >= 4 is 14.2 Å². The third-order valence-electron chi connectivity index (χ3n) is 9.68. The molecule has 324 valence electrons. The number of aromatic nitrogens is 8. The molecule has 16 nitrogen and oxygen atoms in total. The van der Waals surface area contributed by atoms with Crippen LogP contribution in [0, 0.1) is 0 Å². The molecular weight excluding hydrogens is 754 g/mol. The van der Waals surface area contributed by atoms with E-state index in [0.29, 0.717) is 42.7 Å². The van der Waals surface area contributed by atoms with E-state index in [1.807, 2.05) is 0 Å². The van der Waals surface area contributed by atoms with Crippen molar-refractivity contribution < 1.29 is 78.6 Å². The van der Waals surface area contributed by atoms with Crippen molar-refractivity contribution in [2.24, 2.45) is 0 Å². The maximum Gasteiger partial charge on any atom is 1.00 e. The molecule has 8 rings (SSSR count). The minimum atomic E-state index is -0.147. The van der Waals surface area contributed by atoms with Crippen LogP contribution in [0.3, 0.4) is 0 Å². The topological polar surface area (TPSA) is 218 Å². The number of aliphatic hydroxyl groups is 3. The molecule has 4 aliphatic rings. The van der Waals surface area contributed by atoms with E-state index >= 15 is 0 Å². The Bertz CT molecular complexity index is 1510. The number of carbonyl (C=O) groups is 1. The average Bonchev–Trinajstić information content (AvgIpc) is 3.24. The standard InChI is InChI=1S/3C10H14N2O2.C10H12N2O2.BH4.Na.7H2/c4*13-8-2-4-9(5-3-8)14-10-11-6-1-7-12-10;;;;;;;;;/h3*1,6-9,13H,2-5H2;1,6-7,9H,2-5H2;1H4;;7*1H/q;;;;-1;+1;;;;;;;. The first kappa shape index (κ1) is 48.5. The second-order valence-corrected chi connectivity index (χ2v) is 14.1. The second-order valence-electron chi connectivity index (χ2n) is 14.1. The Morgan fingerprint density at radius 3 is 0.828 bits per heavy atom. The van der Waals surface area contributed by atoms with Gasteiger partial charge < -0.3 is 34.3 Å². The molecule has 0 bridgehead atoms. The number of nitrogens with zero attached hydrogens (tertiary/aromatic N) is 8. The van der Waals surface area contributed by atoms with Crippen LogP contribution in [0.4, 0.5) is 0 Å². The van der Waals surface area contributed by atoms with Crippen LogP contribution < -0.4 is 48.5 Å². The Balaban J connectivity index is -0.000000235. The summed E-state index contributed by atoms with van der Waals surface area (Å²) in [5.41, 5.74) is 0. The summed E-state index contributed by atoms with van der Waals surface area (Å²) in [4.78, 5) is 42.9. The molecule has 0 unspecified atom stereocenters. The Morgan fingerprint density at radius 1 is 0.397 bits per heavy atom. The number of carbonyl (C=O) groups excluding carboxylic acids is 1. The molecule has 4 aromatic heterocycles. The molecule has 3 N–H and O–H groups in total. The summed E-state index contributed by atoms with van der Waals surface area (Å²) in [6, 6.07) is 8.76. The fourth-order valence-corrected chi connectivity index (χ4v) is 6.50. The fraction of sp³-hybridized carbons (Fsp3) is 0.575. The van der Waals surface area contributed by atoms with Crippen LogP contribution in [0.25, 0.3) is 0 Å². The van der Waals surface area contributed by atoms with Gasteiger partial charge in [-0.25, -0.2) is 39.9 Å². The summed E-state index contributed by atoms with van der Waals surface area (Å²) in [5.74, 6) is 0.332. The molecule has 58 heavy (non-hydrogen) atoms. The van der Waals surface area contributed by atoms with Crippen LogP contribution >= 0.6 is 0 Å². The van der Waals surface area contributed by atoms with E-state index in [1.54, 1.807) is 73.8 Å². The number of hydrogen-bond acceptors (Lipinski definition) is 16. The van der Waals surface area contributed by atoms with Crippen molar-refractivity contribution in [2.75, 3.05) is 0 Å². The van der Waals surface area contributed by atoms with Crippen LogP contribution in [0.1, 0.15) is 113 Å². The normalized spacial score (nSPS) is 24.1. The largest absolute Gasteiger partial charge is 1.00 e. The van der Waals surface area contributed by atoms with Gasteiger partial charge >= 0.3 is 53.6 Å². The Labute approximate surface area is 374 Å². The molecule has 18 heteroatoms. The van der Waals surface area contributed by atoms with E-state index in [0.717, 1.165) is 89.9 Å². The summed E-state index contributed by atoms with van der Waals surface area (Å²) in [6.07, 6.45) is 26.5. The summed E-state index contributed by atoms with van der Waals surface area (Å²) in [6.45, 7) is 0. The van der Waals surface area contributed by atoms with Gasteiger partial charge in [0.2, 0.25) is 0 Å². The van der Waals surface area contributed by atoms with Crippen LogP contribution in [0.15, 0.2) is 73.8 Å². The van der Waals surface area contributed by atoms with Crippen LogP contribution in [-0.4, -0.2) is 112 Å². The summed E-state index contributed by atoms with van der Waals surface area (Å²) < 4.78 is 22.2. The van der Waals surface area contributed by atoms with Crippen LogP contribution in [-0.2, 0) is 4.79 Å². The second kappa shape index (κ2) is 27.8. The summed E-state index contributed by atoms with van der Waals surface area (Å²) >= 11 is 0. The molecule has 4 aliphatic carbocycles. The molecule has 0 radical (unpaired) electrons. The molecule has 4 fully saturated rings. The van der Waals surface area contributed by atoms with E-state index < -0.39 is 0 Å². The zero-order valence-electron chi connectivity index (χ0n) is 32.7. The maximum absolute atomic E-state index is 11.0. The predicted molar refractivity (Wildman–Crippen MR) is 229 cm³/mol. The molecule has 0 atom stereocenters. The number of aliphatic hydroxyl groups excluding tert-OH is 3. The van der Waals surface area contributed by atoms with Crippen LogP contribution in [0.2, 0.25) is 0 Å². The maximum atomic E-state index is 11.0. The monoisotopic (exact) mass is 827 g/mol. The smallest absolute Gasteiger partial charge is 0.460 e. The van der Waals surface area contributed by atoms with E-state index in [-0.39, 0.29) is 90.7 Å². The third kappa shape index (κ3) is 19.3. The summed E-state index contributed by atoms with van der Waals surface area (Å²) in [7, 11) is 0. The number of ether oxygens (including phenoxy) is 4. The van der Waals surface area contributed by atoms with Gasteiger partial charge in [-0.1, -0.05) is 8.41 Å². The predicted octanol–water partition coefficient (Wildman–Crippen LogP) is 2.12. The quantitative estimate of drug-likeness (QED) is 0.217. The molecule has 0 saturated heterocycles. The molecule has 0 aromatic carbocycles. The van der Waals surface area contributed by atoms with E-state index in [1.165, 1.54) is 0 Å². The Kier molecular flexibility index (Phi) is 23.2. The minimum Gasteiger partial charge on any atom is -0.460 e. The van der Waals surface area contributed by atoms with Gasteiger partial charge in [-0.05, 0) is 114 Å². The Morgan fingerprint density at radius 2 is 0.603 bits per heavy atom. The molecule has 4 heterocycles.